The molecule has 0 fully saturated rings. The van der Waals surface area contributed by atoms with E-state index in [1.807, 2.05) is 20.0 Å². The van der Waals surface area contributed by atoms with Gasteiger partial charge in [0.05, 0.1) is 6.10 Å². The first-order chi connectivity index (χ1) is 8.83. The lowest BCUT2D eigenvalue weighted by Gasteiger charge is -2.27. The second kappa shape index (κ2) is 8.74. The second-order valence-corrected chi connectivity index (χ2v) is 4.28. The van der Waals surface area contributed by atoms with Crippen LogP contribution in [0.15, 0.2) is 30.3 Å². The van der Waals surface area contributed by atoms with Crippen LogP contribution >= 0.6 is 0 Å². The van der Waals surface area contributed by atoms with E-state index < -0.39 is 0 Å². The molecule has 1 aromatic carbocycles. The van der Waals surface area contributed by atoms with Gasteiger partial charge in [-0.1, -0.05) is 30.3 Å². The highest BCUT2D eigenvalue weighted by molar-refractivity contribution is 5.19. The zero-order valence-corrected chi connectivity index (χ0v) is 11.4. The summed E-state index contributed by atoms with van der Waals surface area (Å²) in [6.45, 7) is 2.75. The first-order valence-corrected chi connectivity index (χ1v) is 6.60. The summed E-state index contributed by atoms with van der Waals surface area (Å²) in [5.41, 5.74) is 1.22. The summed E-state index contributed by atoms with van der Waals surface area (Å²) in [7, 11) is 1.98. The zero-order chi connectivity index (χ0) is 13.2. The Morgan fingerprint density at radius 1 is 1.33 bits per heavy atom. The molecule has 2 atom stereocenters. The van der Waals surface area contributed by atoms with E-state index in [1.54, 1.807) is 0 Å². The van der Waals surface area contributed by atoms with E-state index in [4.69, 9.17) is 11.2 Å². The molecule has 0 heterocycles. The summed E-state index contributed by atoms with van der Waals surface area (Å²) in [5.74, 6) is 2.69. The van der Waals surface area contributed by atoms with E-state index in [1.165, 1.54) is 5.56 Å². The maximum absolute atomic E-state index is 5.90. The van der Waals surface area contributed by atoms with Gasteiger partial charge in [0, 0.05) is 19.1 Å². The van der Waals surface area contributed by atoms with Crippen LogP contribution in [0.5, 0.6) is 0 Å². The van der Waals surface area contributed by atoms with Gasteiger partial charge in [-0.3, -0.25) is 0 Å². The minimum absolute atomic E-state index is 0.0963. The molecule has 18 heavy (non-hydrogen) atoms. The molecule has 0 aromatic heterocycles. The number of terminal acetylenes is 1. The molecule has 1 aromatic rings. The van der Waals surface area contributed by atoms with Crippen LogP contribution in [0.3, 0.4) is 0 Å². The monoisotopic (exact) mass is 245 g/mol. The summed E-state index contributed by atoms with van der Waals surface area (Å²) in [5, 5.41) is 3.35. The van der Waals surface area contributed by atoms with Crippen LogP contribution < -0.4 is 5.32 Å². The Balaban J connectivity index is 2.72. The molecule has 1 rings (SSSR count). The van der Waals surface area contributed by atoms with Gasteiger partial charge in [-0.2, -0.15) is 0 Å². The van der Waals surface area contributed by atoms with Crippen molar-refractivity contribution in [1.82, 2.24) is 5.32 Å². The Bertz CT molecular complexity index is 355. The fourth-order valence-electron chi connectivity index (χ4n) is 2.14. The number of hydrogen-bond donors (Lipinski definition) is 1. The van der Waals surface area contributed by atoms with Crippen LogP contribution in [0.2, 0.25) is 0 Å². The predicted molar refractivity (Wildman–Crippen MR) is 76.3 cm³/mol. The van der Waals surface area contributed by atoms with Gasteiger partial charge in [0.1, 0.15) is 0 Å². The van der Waals surface area contributed by atoms with Gasteiger partial charge in [-0.25, -0.2) is 0 Å². The molecular formula is C16H23NO. The van der Waals surface area contributed by atoms with Crippen LogP contribution in [0.25, 0.3) is 0 Å². The normalized spacial score (nSPS) is 13.8. The summed E-state index contributed by atoms with van der Waals surface area (Å²) in [4.78, 5) is 0. The third-order valence-electron chi connectivity index (χ3n) is 3.05. The number of hydrogen-bond acceptors (Lipinski definition) is 2. The Hall–Kier alpha value is -1.30. The van der Waals surface area contributed by atoms with E-state index >= 15 is 0 Å². The fourth-order valence-corrected chi connectivity index (χ4v) is 2.14. The molecule has 2 nitrogen and oxygen atoms in total. The molecule has 0 aliphatic carbocycles. The third kappa shape index (κ3) is 4.52. The number of ether oxygens (including phenoxy) is 1. The average Bonchev–Trinajstić information content (AvgIpc) is 2.43. The van der Waals surface area contributed by atoms with Crippen LogP contribution in [0, 0.1) is 12.3 Å². The zero-order valence-electron chi connectivity index (χ0n) is 11.4. The summed E-state index contributed by atoms with van der Waals surface area (Å²) in [6.07, 6.45) is 8.28. The van der Waals surface area contributed by atoms with Crippen molar-refractivity contribution in [1.29, 1.82) is 0 Å². The molecule has 2 unspecified atom stereocenters. The minimum atomic E-state index is 0.0963. The summed E-state index contributed by atoms with van der Waals surface area (Å²) >= 11 is 0. The molecule has 0 spiro atoms. The van der Waals surface area contributed by atoms with Crippen molar-refractivity contribution < 1.29 is 4.74 Å². The lowest BCUT2D eigenvalue weighted by Crippen LogP contribution is -2.33. The highest BCUT2D eigenvalue weighted by Gasteiger charge is 2.21. The van der Waals surface area contributed by atoms with Crippen LogP contribution in [0.4, 0.5) is 0 Å². The summed E-state index contributed by atoms with van der Waals surface area (Å²) in [6, 6.07) is 10.7. The average molecular weight is 245 g/mol. The maximum atomic E-state index is 5.90. The Labute approximate surface area is 111 Å². The van der Waals surface area contributed by atoms with Crippen LogP contribution in [0.1, 0.15) is 37.9 Å². The van der Waals surface area contributed by atoms with Crippen molar-refractivity contribution in [2.24, 2.45) is 0 Å². The predicted octanol–water partition coefficient (Wildman–Crippen LogP) is 3.16. The van der Waals surface area contributed by atoms with E-state index in [9.17, 15) is 0 Å². The van der Waals surface area contributed by atoms with Gasteiger partial charge >= 0.3 is 0 Å². The first kappa shape index (κ1) is 14.8. The Morgan fingerprint density at radius 2 is 2.06 bits per heavy atom. The number of rotatable bonds is 8. The largest absolute Gasteiger partial charge is 0.372 e. The lowest BCUT2D eigenvalue weighted by atomic mass is 9.97. The van der Waals surface area contributed by atoms with Crippen LogP contribution in [-0.2, 0) is 4.74 Å². The first-order valence-electron chi connectivity index (χ1n) is 6.60. The highest BCUT2D eigenvalue weighted by Crippen LogP contribution is 2.24. The number of unbranched alkanes of at least 4 members (excludes halogenated alkanes) is 1. The number of likely N-dealkylation sites (N-methyl/N-ethyl adjacent to an activating group) is 1. The minimum Gasteiger partial charge on any atom is -0.372 e. The Kier molecular flexibility index (Phi) is 7.17. The number of nitrogens with one attached hydrogen (secondary N) is 1. The third-order valence-corrected chi connectivity index (χ3v) is 3.05. The van der Waals surface area contributed by atoms with Crippen molar-refractivity contribution in [3.63, 3.8) is 0 Å². The SMILES string of the molecule is C#CCCCC(NC)C(OCC)c1ccccc1. The summed E-state index contributed by atoms with van der Waals surface area (Å²) < 4.78 is 5.90. The molecule has 98 valence electrons. The lowest BCUT2D eigenvalue weighted by molar-refractivity contribution is 0.0325. The van der Waals surface area contributed by atoms with Gasteiger partial charge in [0.2, 0.25) is 0 Å². The fraction of sp³-hybridized carbons (Fsp3) is 0.500. The van der Waals surface area contributed by atoms with E-state index in [-0.39, 0.29) is 6.10 Å². The molecule has 0 saturated carbocycles. The van der Waals surface area contributed by atoms with Gasteiger partial charge in [0.15, 0.2) is 0 Å². The van der Waals surface area contributed by atoms with E-state index in [0.717, 1.165) is 19.3 Å². The molecule has 0 amide bonds. The molecule has 0 aliphatic heterocycles. The van der Waals surface area contributed by atoms with Gasteiger partial charge in [-0.15, -0.1) is 12.3 Å². The molecular weight excluding hydrogens is 222 g/mol. The number of benzene rings is 1. The highest BCUT2D eigenvalue weighted by atomic mass is 16.5. The molecule has 0 bridgehead atoms. The standard InChI is InChI=1S/C16H23NO/c1-4-6-8-13-15(17-3)16(18-5-2)14-11-9-7-10-12-14/h1,7,9-12,15-17H,5-6,8,13H2,2-3H3. The van der Waals surface area contributed by atoms with Crippen molar-refractivity contribution in [2.45, 2.75) is 38.3 Å². The van der Waals surface area contributed by atoms with Gasteiger partial charge < -0.3 is 10.1 Å². The van der Waals surface area contributed by atoms with Crippen molar-refractivity contribution in [3.8, 4) is 12.3 Å². The van der Waals surface area contributed by atoms with E-state index in [0.29, 0.717) is 12.6 Å². The molecule has 0 aliphatic rings. The quantitative estimate of drug-likeness (QED) is 0.561. The van der Waals surface area contributed by atoms with E-state index in [2.05, 4.69) is 35.5 Å². The van der Waals surface area contributed by atoms with Crippen LogP contribution in [-0.4, -0.2) is 19.7 Å². The topological polar surface area (TPSA) is 21.3 Å². The van der Waals surface area contributed by atoms with Crippen molar-refractivity contribution in [3.05, 3.63) is 35.9 Å². The second-order valence-electron chi connectivity index (χ2n) is 4.28. The van der Waals surface area contributed by atoms with Gasteiger partial charge in [-0.05, 0) is 32.4 Å². The Morgan fingerprint density at radius 3 is 2.61 bits per heavy atom. The van der Waals surface area contributed by atoms with Gasteiger partial charge in [0.25, 0.3) is 0 Å². The molecule has 2 heteroatoms. The van der Waals surface area contributed by atoms with Crippen molar-refractivity contribution in [2.75, 3.05) is 13.7 Å². The smallest absolute Gasteiger partial charge is 0.0977 e. The van der Waals surface area contributed by atoms with Crippen molar-refractivity contribution >= 4 is 0 Å². The molecule has 1 N–H and O–H groups in total. The molecule has 0 radical (unpaired) electrons. The molecule has 0 saturated heterocycles. The maximum Gasteiger partial charge on any atom is 0.0977 e.